The summed E-state index contributed by atoms with van der Waals surface area (Å²) in [6.07, 6.45) is 8.17. The fraction of sp³-hybridized carbons (Fsp3) is 0.462. The summed E-state index contributed by atoms with van der Waals surface area (Å²) in [5.41, 5.74) is 1.30. The van der Waals surface area contributed by atoms with Crippen LogP contribution in [0.4, 0.5) is 0 Å². The van der Waals surface area contributed by atoms with Gasteiger partial charge in [0.05, 0.1) is 6.20 Å². The van der Waals surface area contributed by atoms with Crippen molar-refractivity contribution in [3.63, 3.8) is 0 Å². The van der Waals surface area contributed by atoms with E-state index in [1.807, 2.05) is 12.4 Å². The Bertz CT molecular complexity index is 532. The molecular formula is C13H18N4O2S. The van der Waals surface area contributed by atoms with Gasteiger partial charge in [-0.05, 0) is 44.4 Å². The van der Waals surface area contributed by atoms with Crippen molar-refractivity contribution < 1.29 is 9.90 Å². The molecule has 0 atom stereocenters. The Balaban J connectivity index is 0.000000452. The Kier molecular flexibility index (Phi) is 4.86. The first-order valence-corrected chi connectivity index (χ1v) is 7.27. The molecule has 0 saturated carbocycles. The maximum absolute atomic E-state index is 8.36. The van der Waals surface area contributed by atoms with Crippen LogP contribution >= 0.6 is 11.5 Å². The standard InChI is InChI=1S/C12H16N4S.CH2O2/c1-12(2-4-13-5-3-12)16-7-6-14-11(16)10-8-15-17-9-10;2-1-3/h6-9,13H,2-5H2,1H3;1H,(H,2,3). The Hall–Kier alpha value is -1.73. The molecule has 0 amide bonds. The molecule has 0 spiro atoms. The second-order valence-electron chi connectivity index (χ2n) is 4.89. The summed E-state index contributed by atoms with van der Waals surface area (Å²) < 4.78 is 6.48. The zero-order valence-corrected chi connectivity index (χ0v) is 12.1. The van der Waals surface area contributed by atoms with Crippen LogP contribution in [0, 0.1) is 0 Å². The number of nitrogens with one attached hydrogen (secondary N) is 1. The second kappa shape index (κ2) is 6.62. The summed E-state index contributed by atoms with van der Waals surface area (Å²) in [4.78, 5) is 12.8. The van der Waals surface area contributed by atoms with Crippen molar-refractivity contribution in [3.8, 4) is 11.4 Å². The lowest BCUT2D eigenvalue weighted by Gasteiger charge is -2.36. The Morgan fingerprint density at radius 2 is 2.20 bits per heavy atom. The Morgan fingerprint density at radius 1 is 1.50 bits per heavy atom. The van der Waals surface area contributed by atoms with E-state index in [1.165, 1.54) is 11.5 Å². The van der Waals surface area contributed by atoms with Crippen LogP contribution in [0.15, 0.2) is 24.0 Å². The van der Waals surface area contributed by atoms with Gasteiger partial charge in [0, 0.05) is 28.9 Å². The highest BCUT2D eigenvalue weighted by Gasteiger charge is 2.30. The maximum Gasteiger partial charge on any atom is 0.290 e. The number of nitrogens with zero attached hydrogens (tertiary/aromatic N) is 3. The van der Waals surface area contributed by atoms with Crippen molar-refractivity contribution in [1.82, 2.24) is 19.2 Å². The van der Waals surface area contributed by atoms with Gasteiger partial charge in [0.15, 0.2) is 0 Å². The van der Waals surface area contributed by atoms with Gasteiger partial charge < -0.3 is 15.0 Å². The molecule has 1 saturated heterocycles. The summed E-state index contributed by atoms with van der Waals surface area (Å²) in [5.74, 6) is 1.04. The van der Waals surface area contributed by atoms with Gasteiger partial charge in [-0.3, -0.25) is 4.79 Å². The number of carboxylic acid groups (broad SMARTS) is 1. The lowest BCUT2D eigenvalue weighted by atomic mass is 9.90. The minimum atomic E-state index is -0.250. The van der Waals surface area contributed by atoms with Crippen LogP contribution in [0.25, 0.3) is 11.4 Å². The highest BCUT2D eigenvalue weighted by molar-refractivity contribution is 7.03. The number of rotatable bonds is 2. The highest BCUT2D eigenvalue weighted by Crippen LogP contribution is 2.31. The van der Waals surface area contributed by atoms with Gasteiger partial charge in [-0.1, -0.05) is 0 Å². The van der Waals surface area contributed by atoms with Crippen molar-refractivity contribution in [1.29, 1.82) is 0 Å². The first kappa shape index (κ1) is 14.7. The molecule has 0 bridgehead atoms. The quantitative estimate of drug-likeness (QED) is 0.826. The molecule has 1 aliphatic rings. The third-order valence-electron chi connectivity index (χ3n) is 3.59. The first-order chi connectivity index (χ1) is 9.71. The van der Waals surface area contributed by atoms with E-state index in [4.69, 9.17) is 9.90 Å². The van der Waals surface area contributed by atoms with E-state index in [-0.39, 0.29) is 12.0 Å². The first-order valence-electron chi connectivity index (χ1n) is 6.43. The van der Waals surface area contributed by atoms with Gasteiger partial charge >= 0.3 is 0 Å². The average Bonchev–Trinajstić information content (AvgIpc) is 3.12. The van der Waals surface area contributed by atoms with Crippen LogP contribution in [-0.2, 0) is 10.3 Å². The van der Waals surface area contributed by atoms with Gasteiger partial charge in [-0.25, -0.2) is 9.36 Å². The van der Waals surface area contributed by atoms with Crippen molar-refractivity contribution in [2.45, 2.75) is 25.3 Å². The topological polar surface area (TPSA) is 80.0 Å². The molecule has 7 heteroatoms. The van der Waals surface area contributed by atoms with Crippen molar-refractivity contribution in [2.24, 2.45) is 0 Å². The summed E-state index contributed by atoms with van der Waals surface area (Å²) >= 11 is 1.48. The largest absolute Gasteiger partial charge is 0.483 e. The van der Waals surface area contributed by atoms with Crippen molar-refractivity contribution in [2.75, 3.05) is 13.1 Å². The van der Waals surface area contributed by atoms with E-state index in [2.05, 4.69) is 37.7 Å². The lowest BCUT2D eigenvalue weighted by Crippen LogP contribution is -2.41. The van der Waals surface area contributed by atoms with Gasteiger partial charge in [0.1, 0.15) is 5.82 Å². The molecule has 0 radical (unpaired) electrons. The lowest BCUT2D eigenvalue weighted by molar-refractivity contribution is -0.122. The minimum absolute atomic E-state index is 0.180. The smallest absolute Gasteiger partial charge is 0.290 e. The Morgan fingerprint density at radius 3 is 2.80 bits per heavy atom. The molecule has 2 N–H and O–H groups in total. The number of hydrogen-bond donors (Lipinski definition) is 2. The van der Waals surface area contributed by atoms with E-state index in [0.29, 0.717) is 0 Å². The zero-order valence-electron chi connectivity index (χ0n) is 11.3. The van der Waals surface area contributed by atoms with Crippen LogP contribution in [0.1, 0.15) is 19.8 Å². The average molecular weight is 294 g/mol. The van der Waals surface area contributed by atoms with E-state index in [1.54, 1.807) is 0 Å². The predicted octanol–water partition coefficient (Wildman–Crippen LogP) is 1.81. The van der Waals surface area contributed by atoms with Crippen molar-refractivity contribution >= 4 is 18.0 Å². The molecule has 0 aliphatic carbocycles. The van der Waals surface area contributed by atoms with Crippen LogP contribution in [0.5, 0.6) is 0 Å². The van der Waals surface area contributed by atoms with E-state index >= 15 is 0 Å². The molecule has 1 aliphatic heterocycles. The molecule has 3 heterocycles. The number of piperidine rings is 1. The van der Waals surface area contributed by atoms with Crippen LogP contribution in [0.2, 0.25) is 0 Å². The second-order valence-corrected chi connectivity index (χ2v) is 5.54. The molecular weight excluding hydrogens is 276 g/mol. The summed E-state index contributed by atoms with van der Waals surface area (Å²) in [5, 5.41) is 12.4. The number of imidazole rings is 1. The normalized spacial score (nSPS) is 17.1. The molecule has 6 nitrogen and oxygen atoms in total. The fourth-order valence-corrected chi connectivity index (χ4v) is 2.99. The van der Waals surface area contributed by atoms with Crippen LogP contribution in [0.3, 0.4) is 0 Å². The molecule has 0 aromatic carbocycles. The molecule has 0 unspecified atom stereocenters. The molecule has 3 rings (SSSR count). The van der Waals surface area contributed by atoms with Crippen LogP contribution < -0.4 is 5.32 Å². The predicted molar refractivity (Wildman–Crippen MR) is 77.8 cm³/mol. The summed E-state index contributed by atoms with van der Waals surface area (Å²) in [6.45, 7) is 4.23. The monoisotopic (exact) mass is 294 g/mol. The maximum atomic E-state index is 8.36. The fourth-order valence-electron chi connectivity index (χ4n) is 2.47. The summed E-state index contributed by atoms with van der Waals surface area (Å²) in [7, 11) is 0. The van der Waals surface area contributed by atoms with Gasteiger partial charge in [-0.15, -0.1) is 0 Å². The van der Waals surface area contributed by atoms with Gasteiger partial charge in [-0.2, -0.15) is 0 Å². The molecule has 2 aromatic heterocycles. The van der Waals surface area contributed by atoms with Crippen molar-refractivity contribution in [3.05, 3.63) is 24.0 Å². The third kappa shape index (κ3) is 3.05. The Labute approximate surface area is 121 Å². The zero-order chi connectivity index (χ0) is 14.4. The molecule has 20 heavy (non-hydrogen) atoms. The summed E-state index contributed by atoms with van der Waals surface area (Å²) in [6, 6.07) is 0. The highest BCUT2D eigenvalue weighted by atomic mass is 32.1. The molecule has 2 aromatic rings. The minimum Gasteiger partial charge on any atom is -0.483 e. The molecule has 1 fully saturated rings. The van der Waals surface area contributed by atoms with Gasteiger partial charge in [0.2, 0.25) is 0 Å². The SMILES string of the molecule is CC1(n2ccnc2-c2cnsc2)CCNCC1.O=CO. The number of aromatic nitrogens is 3. The van der Waals surface area contributed by atoms with Gasteiger partial charge in [0.25, 0.3) is 6.47 Å². The number of carbonyl (C=O) groups is 1. The van der Waals surface area contributed by atoms with Crippen LogP contribution in [-0.4, -0.2) is 38.6 Å². The number of hydrogen-bond acceptors (Lipinski definition) is 5. The van der Waals surface area contributed by atoms with E-state index < -0.39 is 0 Å². The third-order valence-corrected chi connectivity index (χ3v) is 4.18. The van der Waals surface area contributed by atoms with E-state index in [0.717, 1.165) is 37.3 Å². The van der Waals surface area contributed by atoms with E-state index in [9.17, 15) is 0 Å². The molecule has 108 valence electrons.